The third-order valence-corrected chi connectivity index (χ3v) is 1.47. The number of rotatable bonds is 7. The third kappa shape index (κ3) is 5.45. The van der Waals surface area contributed by atoms with Crippen LogP contribution in [0, 0.1) is 0 Å². The molecule has 4 N–H and O–H groups in total. The van der Waals surface area contributed by atoms with Crippen molar-refractivity contribution < 1.29 is 20.1 Å². The highest BCUT2D eigenvalue weighted by molar-refractivity contribution is 4.64. The average Bonchev–Trinajstić information content (AvgIpc) is 2.04. The van der Waals surface area contributed by atoms with Crippen LogP contribution in [0.3, 0.4) is 0 Å². The van der Waals surface area contributed by atoms with Gasteiger partial charge < -0.3 is 25.4 Å². The Balaban J connectivity index is 3.32. The van der Waals surface area contributed by atoms with E-state index in [4.69, 9.17) is 20.1 Å². The van der Waals surface area contributed by atoms with Crippen LogP contribution < -0.4 is 5.32 Å². The van der Waals surface area contributed by atoms with Gasteiger partial charge in [0.1, 0.15) is 0 Å². The van der Waals surface area contributed by atoms with E-state index in [-0.39, 0.29) is 13.2 Å². The van der Waals surface area contributed by atoms with Gasteiger partial charge in [-0.25, -0.2) is 0 Å². The second-order valence-electron chi connectivity index (χ2n) is 2.46. The molecule has 0 rings (SSSR count). The molecule has 0 aliphatic carbocycles. The summed E-state index contributed by atoms with van der Waals surface area (Å²) >= 11 is 0. The maximum atomic E-state index is 8.73. The summed E-state index contributed by atoms with van der Waals surface area (Å²) in [7, 11) is 1.62. The quantitative estimate of drug-likeness (QED) is 0.276. The lowest BCUT2D eigenvalue weighted by atomic mass is 10.3. The number of aliphatic hydroxyl groups excluding tert-OH is 2. The third-order valence-electron chi connectivity index (χ3n) is 1.47. The van der Waals surface area contributed by atoms with Gasteiger partial charge in [0.2, 0.25) is 0 Å². The molecular formula is C7H17NO4. The van der Waals surface area contributed by atoms with Crippen molar-refractivity contribution >= 4 is 0 Å². The molecule has 0 fully saturated rings. The molecule has 0 aliphatic rings. The van der Waals surface area contributed by atoms with Crippen LogP contribution >= 0.6 is 0 Å². The van der Waals surface area contributed by atoms with E-state index in [1.165, 1.54) is 0 Å². The van der Waals surface area contributed by atoms with E-state index in [9.17, 15) is 0 Å². The lowest BCUT2D eigenvalue weighted by Crippen LogP contribution is -2.41. The molecule has 0 radical (unpaired) electrons. The fraction of sp³-hybridized carbons (Fsp3) is 1.00. The zero-order valence-corrected chi connectivity index (χ0v) is 7.23. The van der Waals surface area contributed by atoms with Crippen molar-refractivity contribution in [3.8, 4) is 0 Å². The van der Waals surface area contributed by atoms with Gasteiger partial charge in [-0.15, -0.1) is 0 Å². The summed E-state index contributed by atoms with van der Waals surface area (Å²) in [5.41, 5.74) is 0. The highest BCUT2D eigenvalue weighted by Crippen LogP contribution is 1.91. The van der Waals surface area contributed by atoms with E-state index in [0.29, 0.717) is 13.0 Å². The first kappa shape index (κ1) is 11.8. The maximum Gasteiger partial charge on any atom is 0.169 e. The van der Waals surface area contributed by atoms with E-state index in [2.05, 4.69) is 5.32 Å². The minimum absolute atomic E-state index is 0.0892. The summed E-state index contributed by atoms with van der Waals surface area (Å²) in [6.07, 6.45) is -0.845. The van der Waals surface area contributed by atoms with Crippen molar-refractivity contribution in [3.63, 3.8) is 0 Å². The van der Waals surface area contributed by atoms with Gasteiger partial charge in [0.15, 0.2) is 6.29 Å². The molecule has 0 spiro atoms. The summed E-state index contributed by atoms with van der Waals surface area (Å²) in [4.78, 5) is 0. The Morgan fingerprint density at radius 1 is 1.42 bits per heavy atom. The van der Waals surface area contributed by atoms with Gasteiger partial charge in [-0.1, -0.05) is 0 Å². The Labute approximate surface area is 72.0 Å². The predicted octanol–water partition coefficient (Wildman–Crippen LogP) is -1.72. The summed E-state index contributed by atoms with van der Waals surface area (Å²) in [5, 5.41) is 28.6. The molecule has 74 valence electrons. The molecule has 0 aromatic heterocycles. The molecule has 0 amide bonds. The molecular weight excluding hydrogens is 162 g/mol. The Morgan fingerprint density at radius 3 is 2.50 bits per heavy atom. The molecule has 0 bridgehead atoms. The van der Waals surface area contributed by atoms with Crippen LogP contribution in [-0.2, 0) is 4.74 Å². The summed E-state index contributed by atoms with van der Waals surface area (Å²) in [6, 6.07) is -0.469. The summed E-state index contributed by atoms with van der Waals surface area (Å²) in [6.45, 7) is 0.751. The highest BCUT2D eigenvalue weighted by Gasteiger charge is 2.13. The van der Waals surface area contributed by atoms with E-state index in [0.717, 1.165) is 0 Å². The van der Waals surface area contributed by atoms with Crippen molar-refractivity contribution in [1.29, 1.82) is 0 Å². The standard InChI is InChI=1S/C7H17NO4/c1-8-6(7(10)11)5-12-4-2-3-9/h6-11H,2-5H2,1H3/t6-/m0/s1. The molecule has 0 heterocycles. The first-order valence-corrected chi connectivity index (χ1v) is 3.94. The van der Waals surface area contributed by atoms with Gasteiger partial charge in [-0.3, -0.25) is 0 Å². The van der Waals surface area contributed by atoms with Gasteiger partial charge in [0.25, 0.3) is 0 Å². The minimum Gasteiger partial charge on any atom is -0.396 e. The van der Waals surface area contributed by atoms with Gasteiger partial charge in [-0.2, -0.15) is 0 Å². The van der Waals surface area contributed by atoms with Gasteiger partial charge in [0, 0.05) is 13.2 Å². The van der Waals surface area contributed by atoms with Crippen LogP contribution in [0.1, 0.15) is 6.42 Å². The molecule has 1 atom stereocenters. The average molecular weight is 179 g/mol. The predicted molar refractivity (Wildman–Crippen MR) is 43.6 cm³/mol. The van der Waals surface area contributed by atoms with Crippen LogP contribution in [0.25, 0.3) is 0 Å². The first-order chi connectivity index (χ1) is 5.72. The molecule has 5 nitrogen and oxygen atoms in total. The topological polar surface area (TPSA) is 82.0 Å². The minimum atomic E-state index is -1.41. The van der Waals surface area contributed by atoms with Crippen LogP contribution in [0.4, 0.5) is 0 Å². The molecule has 0 unspecified atom stereocenters. The van der Waals surface area contributed by atoms with Crippen molar-refractivity contribution in [2.24, 2.45) is 0 Å². The molecule has 12 heavy (non-hydrogen) atoms. The smallest absolute Gasteiger partial charge is 0.169 e. The van der Waals surface area contributed by atoms with E-state index < -0.39 is 12.3 Å². The number of aliphatic hydroxyl groups is 3. The first-order valence-electron chi connectivity index (χ1n) is 3.94. The second-order valence-corrected chi connectivity index (χ2v) is 2.46. The number of ether oxygens (including phenoxy) is 1. The molecule has 5 heteroatoms. The fourth-order valence-corrected chi connectivity index (χ4v) is 0.695. The van der Waals surface area contributed by atoms with E-state index >= 15 is 0 Å². The monoisotopic (exact) mass is 179 g/mol. The highest BCUT2D eigenvalue weighted by atomic mass is 16.5. The molecule has 0 aromatic rings. The van der Waals surface area contributed by atoms with Crippen LogP contribution in [-0.4, -0.2) is 54.5 Å². The Hall–Kier alpha value is -0.200. The normalized spacial score (nSPS) is 13.8. The molecule has 0 aliphatic heterocycles. The van der Waals surface area contributed by atoms with Crippen molar-refractivity contribution in [3.05, 3.63) is 0 Å². The maximum absolute atomic E-state index is 8.73. The van der Waals surface area contributed by atoms with Crippen molar-refractivity contribution in [1.82, 2.24) is 5.32 Å². The van der Waals surface area contributed by atoms with Gasteiger partial charge >= 0.3 is 0 Å². The lowest BCUT2D eigenvalue weighted by Gasteiger charge is -2.17. The number of likely N-dealkylation sites (N-methyl/N-ethyl adjacent to an activating group) is 1. The number of nitrogens with one attached hydrogen (secondary N) is 1. The zero-order chi connectivity index (χ0) is 9.40. The lowest BCUT2D eigenvalue weighted by molar-refractivity contribution is -0.0841. The largest absolute Gasteiger partial charge is 0.396 e. The zero-order valence-electron chi connectivity index (χ0n) is 7.23. The van der Waals surface area contributed by atoms with E-state index in [1.807, 2.05) is 0 Å². The van der Waals surface area contributed by atoms with Gasteiger partial charge in [-0.05, 0) is 13.5 Å². The van der Waals surface area contributed by atoms with Crippen molar-refractivity contribution in [2.75, 3.05) is 26.9 Å². The van der Waals surface area contributed by atoms with Crippen molar-refractivity contribution in [2.45, 2.75) is 18.8 Å². The SMILES string of the molecule is CN[C@@H](COCCCO)C(O)O. The Kier molecular flexibility index (Phi) is 7.33. The van der Waals surface area contributed by atoms with E-state index in [1.54, 1.807) is 7.05 Å². The number of hydrogen-bond acceptors (Lipinski definition) is 5. The summed E-state index contributed by atoms with van der Waals surface area (Å²) in [5.74, 6) is 0. The molecule has 0 saturated carbocycles. The summed E-state index contributed by atoms with van der Waals surface area (Å²) < 4.78 is 5.05. The Bertz CT molecular complexity index is 99.4. The molecule has 0 saturated heterocycles. The Morgan fingerprint density at radius 2 is 2.08 bits per heavy atom. The second kappa shape index (κ2) is 7.45. The van der Waals surface area contributed by atoms with Crippen LogP contribution in [0.15, 0.2) is 0 Å². The fourth-order valence-electron chi connectivity index (χ4n) is 0.695. The van der Waals surface area contributed by atoms with Crippen LogP contribution in [0.2, 0.25) is 0 Å². The van der Waals surface area contributed by atoms with Gasteiger partial charge in [0.05, 0.1) is 12.6 Å². The van der Waals surface area contributed by atoms with Crippen LogP contribution in [0.5, 0.6) is 0 Å². The molecule has 0 aromatic carbocycles. The number of hydrogen-bond donors (Lipinski definition) is 4.